The molecule has 0 bridgehead atoms. The summed E-state index contributed by atoms with van der Waals surface area (Å²) in [5.41, 5.74) is -0.171. The zero-order valence-corrected chi connectivity index (χ0v) is 19.6. The van der Waals surface area contributed by atoms with Crippen molar-refractivity contribution in [1.29, 1.82) is 0 Å². The summed E-state index contributed by atoms with van der Waals surface area (Å²) in [6, 6.07) is 0. The summed E-state index contributed by atoms with van der Waals surface area (Å²) in [5, 5.41) is 21.2. The standard InChI is InChI=1S/C22H40O4.Ca/c1-2-3-4-5-6-7-8-9-10-11-12-13-14-15-16-17-18-20(22(25)26)19-21(23)24;/h19H,2-18H2,1H3,(H,23,24)(H,25,26);/q;+2/p-2. The van der Waals surface area contributed by atoms with Gasteiger partial charge < -0.3 is 19.8 Å². The molecular formula is C22H38CaO4. The summed E-state index contributed by atoms with van der Waals surface area (Å²) in [7, 11) is 0. The van der Waals surface area contributed by atoms with E-state index in [2.05, 4.69) is 6.92 Å². The van der Waals surface area contributed by atoms with Crippen molar-refractivity contribution >= 4 is 49.7 Å². The average Bonchev–Trinajstić information content (AvgIpc) is 2.59. The Morgan fingerprint density at radius 1 is 0.630 bits per heavy atom. The summed E-state index contributed by atoms with van der Waals surface area (Å²) in [4.78, 5) is 21.2. The number of carbonyl (C=O) groups excluding carboxylic acids is 2. The van der Waals surface area contributed by atoms with Crippen molar-refractivity contribution in [3.05, 3.63) is 11.6 Å². The first-order valence-corrected chi connectivity index (χ1v) is 10.7. The van der Waals surface area contributed by atoms with Gasteiger partial charge in [0.2, 0.25) is 0 Å². The molecule has 0 radical (unpaired) electrons. The molecular weight excluding hydrogens is 368 g/mol. The molecule has 0 aliphatic rings. The van der Waals surface area contributed by atoms with Gasteiger partial charge in [-0.25, -0.2) is 0 Å². The number of unbranched alkanes of at least 4 members (excludes halogenated alkanes) is 15. The Morgan fingerprint density at radius 3 is 1.26 bits per heavy atom. The van der Waals surface area contributed by atoms with Crippen LogP contribution in [-0.4, -0.2) is 49.7 Å². The molecule has 4 nitrogen and oxygen atoms in total. The van der Waals surface area contributed by atoms with E-state index in [0.717, 1.165) is 12.8 Å². The predicted molar refractivity (Wildman–Crippen MR) is 108 cm³/mol. The van der Waals surface area contributed by atoms with E-state index in [1.807, 2.05) is 0 Å². The normalized spacial score (nSPS) is 11.2. The molecule has 27 heavy (non-hydrogen) atoms. The molecule has 0 rings (SSSR count). The first kappa shape index (κ1) is 29.1. The van der Waals surface area contributed by atoms with Crippen LogP contribution in [0.25, 0.3) is 0 Å². The molecule has 0 heterocycles. The topological polar surface area (TPSA) is 80.3 Å². The Hall–Kier alpha value is -0.0603. The van der Waals surface area contributed by atoms with Gasteiger partial charge in [0.1, 0.15) is 0 Å². The molecule has 0 amide bonds. The molecule has 0 fully saturated rings. The van der Waals surface area contributed by atoms with Crippen LogP contribution in [0, 0.1) is 0 Å². The van der Waals surface area contributed by atoms with Gasteiger partial charge in [-0.15, -0.1) is 0 Å². The average molecular weight is 407 g/mol. The van der Waals surface area contributed by atoms with Crippen LogP contribution in [0.3, 0.4) is 0 Å². The zero-order valence-electron chi connectivity index (χ0n) is 17.4. The van der Waals surface area contributed by atoms with Crippen molar-refractivity contribution in [2.45, 2.75) is 116 Å². The van der Waals surface area contributed by atoms with Crippen LogP contribution < -0.4 is 10.2 Å². The molecule has 0 aromatic rings. The van der Waals surface area contributed by atoms with Crippen molar-refractivity contribution in [3.63, 3.8) is 0 Å². The number of hydrogen-bond acceptors (Lipinski definition) is 4. The van der Waals surface area contributed by atoms with E-state index in [-0.39, 0.29) is 49.7 Å². The number of carboxylic acids is 2. The fraction of sp³-hybridized carbons (Fsp3) is 0.818. The largest absolute Gasteiger partial charge is 2.00 e. The van der Waals surface area contributed by atoms with Gasteiger partial charge in [-0.05, 0) is 24.5 Å². The fourth-order valence-corrected chi connectivity index (χ4v) is 3.24. The molecule has 152 valence electrons. The van der Waals surface area contributed by atoms with E-state index < -0.39 is 11.9 Å². The van der Waals surface area contributed by atoms with E-state index in [9.17, 15) is 19.8 Å². The third kappa shape index (κ3) is 22.1. The maximum atomic E-state index is 10.8. The summed E-state index contributed by atoms with van der Waals surface area (Å²) < 4.78 is 0. The van der Waals surface area contributed by atoms with Crippen LogP contribution >= 0.6 is 0 Å². The minimum absolute atomic E-state index is 0. The molecule has 5 heteroatoms. The molecule has 0 aromatic heterocycles. The van der Waals surface area contributed by atoms with E-state index in [1.165, 1.54) is 83.5 Å². The molecule has 0 spiro atoms. The van der Waals surface area contributed by atoms with Gasteiger partial charge in [-0.1, -0.05) is 103 Å². The van der Waals surface area contributed by atoms with E-state index in [0.29, 0.717) is 12.5 Å². The molecule has 0 saturated heterocycles. The van der Waals surface area contributed by atoms with Gasteiger partial charge in [0.25, 0.3) is 0 Å². The van der Waals surface area contributed by atoms with Gasteiger partial charge in [-0.3, -0.25) is 0 Å². The third-order valence-corrected chi connectivity index (χ3v) is 4.85. The second-order valence-corrected chi connectivity index (χ2v) is 7.33. The molecule has 0 atom stereocenters. The van der Waals surface area contributed by atoms with Gasteiger partial charge >= 0.3 is 37.7 Å². The fourth-order valence-electron chi connectivity index (χ4n) is 3.24. The van der Waals surface area contributed by atoms with E-state index >= 15 is 0 Å². The summed E-state index contributed by atoms with van der Waals surface area (Å²) >= 11 is 0. The first-order chi connectivity index (χ1) is 12.6. The number of rotatable bonds is 19. The van der Waals surface area contributed by atoms with Crippen LogP contribution in [0.4, 0.5) is 0 Å². The Morgan fingerprint density at radius 2 is 0.963 bits per heavy atom. The van der Waals surface area contributed by atoms with Crippen LogP contribution in [0.5, 0.6) is 0 Å². The summed E-state index contributed by atoms with van der Waals surface area (Å²) in [6.45, 7) is 2.25. The maximum Gasteiger partial charge on any atom is 2.00 e. The maximum absolute atomic E-state index is 10.8. The Labute approximate surface area is 196 Å². The Kier molecular flexibility index (Phi) is 24.0. The molecule has 0 aliphatic heterocycles. The SMILES string of the molecule is CCCCCCCCCCCCCCCCCCC(=CC(=O)[O-])C(=O)[O-].[Ca+2]. The predicted octanol–water partition coefficient (Wildman–Crippen LogP) is 3.68. The van der Waals surface area contributed by atoms with Crippen molar-refractivity contribution < 1.29 is 19.8 Å². The third-order valence-electron chi connectivity index (χ3n) is 4.85. The smallest absolute Gasteiger partial charge is 0.545 e. The van der Waals surface area contributed by atoms with Crippen molar-refractivity contribution in [2.24, 2.45) is 0 Å². The summed E-state index contributed by atoms with van der Waals surface area (Å²) in [6.07, 6.45) is 21.0. The Bertz CT molecular complexity index is 394. The monoisotopic (exact) mass is 406 g/mol. The van der Waals surface area contributed by atoms with Gasteiger partial charge in [0, 0.05) is 0 Å². The minimum atomic E-state index is -1.47. The number of carbonyl (C=O) groups is 2. The van der Waals surface area contributed by atoms with Crippen molar-refractivity contribution in [3.8, 4) is 0 Å². The molecule has 0 aliphatic carbocycles. The van der Waals surface area contributed by atoms with E-state index in [1.54, 1.807) is 0 Å². The van der Waals surface area contributed by atoms with Gasteiger partial charge in [0.15, 0.2) is 0 Å². The van der Waals surface area contributed by atoms with E-state index in [4.69, 9.17) is 0 Å². The van der Waals surface area contributed by atoms with Crippen LogP contribution in [0.15, 0.2) is 11.6 Å². The second kappa shape index (κ2) is 22.2. The molecule has 0 unspecified atom stereocenters. The van der Waals surface area contributed by atoms with Crippen LogP contribution in [-0.2, 0) is 9.59 Å². The van der Waals surface area contributed by atoms with Crippen molar-refractivity contribution in [2.75, 3.05) is 0 Å². The quantitative estimate of drug-likeness (QED) is 0.186. The van der Waals surface area contributed by atoms with Gasteiger partial charge in [-0.2, -0.15) is 0 Å². The number of hydrogen-bond donors (Lipinski definition) is 0. The van der Waals surface area contributed by atoms with Gasteiger partial charge in [0.05, 0.1) is 11.9 Å². The number of aliphatic carboxylic acids is 2. The zero-order chi connectivity index (χ0) is 19.5. The summed E-state index contributed by atoms with van der Waals surface area (Å²) in [5.74, 6) is -2.88. The van der Waals surface area contributed by atoms with Crippen LogP contribution in [0.2, 0.25) is 0 Å². The molecule has 0 aromatic carbocycles. The second-order valence-electron chi connectivity index (χ2n) is 7.33. The van der Waals surface area contributed by atoms with Crippen LogP contribution in [0.1, 0.15) is 116 Å². The van der Waals surface area contributed by atoms with Crippen molar-refractivity contribution in [1.82, 2.24) is 0 Å². The first-order valence-electron chi connectivity index (χ1n) is 10.7. The minimum Gasteiger partial charge on any atom is -0.545 e. The Balaban J connectivity index is 0. The molecule has 0 saturated carbocycles. The number of carboxylic acid groups (broad SMARTS) is 2. The molecule has 0 N–H and O–H groups in total.